The minimum Gasteiger partial charge on any atom is -0.506 e. The summed E-state index contributed by atoms with van der Waals surface area (Å²) in [5.74, 6) is 0.775. The lowest BCUT2D eigenvalue weighted by Crippen LogP contribution is -2.65. The number of nitrogens with zero attached hydrogens (tertiary/aromatic N) is 2. The van der Waals surface area contributed by atoms with E-state index >= 15 is 0 Å². The molecule has 4 atom stereocenters. The number of amides is 1. The standard InChI is InChI=1S/C19H25ClN2O3/c20-15-8-12(4-5-18(15)24)19(25)21-9-13-7-14(10-21)17(11-23)22-6-2-1-3-16(13)22/h4-5,8,13-14,16-17,23-24H,1-3,6-7,9-11H2/t13-,14+,16+,17+/m1/s1. The average Bonchev–Trinajstić information content (AvgIpc) is 2.64. The van der Waals surface area contributed by atoms with Gasteiger partial charge >= 0.3 is 0 Å². The molecule has 4 rings (SSSR count). The van der Waals surface area contributed by atoms with Crippen LogP contribution in [0.3, 0.4) is 0 Å². The molecule has 0 saturated carbocycles. The van der Waals surface area contributed by atoms with Crippen molar-refractivity contribution in [1.29, 1.82) is 0 Å². The summed E-state index contributed by atoms with van der Waals surface area (Å²) in [6.45, 7) is 2.70. The van der Waals surface area contributed by atoms with E-state index in [1.165, 1.54) is 25.3 Å². The molecule has 136 valence electrons. The van der Waals surface area contributed by atoms with Crippen LogP contribution in [0.4, 0.5) is 0 Å². The number of aliphatic hydroxyl groups is 1. The minimum absolute atomic E-state index is 0.00748. The number of aliphatic hydroxyl groups excluding tert-OH is 1. The van der Waals surface area contributed by atoms with Gasteiger partial charge in [0.2, 0.25) is 0 Å². The molecule has 0 aliphatic carbocycles. The van der Waals surface area contributed by atoms with Gasteiger partial charge in [0.05, 0.1) is 11.6 Å². The predicted octanol–water partition coefficient (Wildman–Crippen LogP) is 2.35. The molecule has 2 N–H and O–H groups in total. The van der Waals surface area contributed by atoms with Crippen LogP contribution < -0.4 is 0 Å². The van der Waals surface area contributed by atoms with Gasteiger partial charge in [0, 0.05) is 30.7 Å². The van der Waals surface area contributed by atoms with Crippen LogP contribution in [0.25, 0.3) is 0 Å². The minimum atomic E-state index is -0.0300. The molecule has 2 bridgehead atoms. The Kier molecular flexibility index (Phi) is 4.65. The third-order valence-electron chi connectivity index (χ3n) is 6.29. The molecule has 1 aromatic carbocycles. The number of carbonyl (C=O) groups excluding carboxylic acids is 1. The first-order chi connectivity index (χ1) is 12.1. The van der Waals surface area contributed by atoms with Crippen LogP contribution in [0.1, 0.15) is 36.0 Å². The number of halogens is 1. The van der Waals surface area contributed by atoms with Gasteiger partial charge in [-0.25, -0.2) is 0 Å². The lowest BCUT2D eigenvalue weighted by molar-refractivity contribution is -0.0795. The second kappa shape index (κ2) is 6.78. The number of rotatable bonds is 2. The second-order valence-electron chi connectivity index (χ2n) is 7.68. The lowest BCUT2D eigenvalue weighted by Gasteiger charge is -2.56. The molecule has 25 heavy (non-hydrogen) atoms. The Morgan fingerprint density at radius 3 is 2.80 bits per heavy atom. The maximum absolute atomic E-state index is 13.0. The van der Waals surface area contributed by atoms with E-state index in [9.17, 15) is 15.0 Å². The highest BCUT2D eigenvalue weighted by Gasteiger charge is 2.47. The molecule has 1 aromatic rings. The van der Waals surface area contributed by atoms with Gasteiger partial charge in [-0.3, -0.25) is 9.69 Å². The fourth-order valence-electron chi connectivity index (χ4n) is 5.15. The van der Waals surface area contributed by atoms with Crippen molar-refractivity contribution in [2.45, 2.75) is 37.8 Å². The number of fused-ring (bicyclic) bond motifs is 4. The third-order valence-corrected chi connectivity index (χ3v) is 6.59. The maximum atomic E-state index is 13.0. The van der Waals surface area contributed by atoms with Crippen LogP contribution in [0.5, 0.6) is 5.75 Å². The lowest BCUT2D eigenvalue weighted by atomic mass is 9.72. The number of hydrogen-bond acceptors (Lipinski definition) is 4. The van der Waals surface area contributed by atoms with Gasteiger partial charge in [0.1, 0.15) is 5.75 Å². The molecule has 3 aliphatic rings. The van der Waals surface area contributed by atoms with E-state index in [2.05, 4.69) is 4.90 Å². The Morgan fingerprint density at radius 1 is 1.24 bits per heavy atom. The third kappa shape index (κ3) is 3.03. The summed E-state index contributed by atoms with van der Waals surface area (Å²) < 4.78 is 0. The van der Waals surface area contributed by atoms with Crippen LogP contribution in [0.15, 0.2) is 18.2 Å². The van der Waals surface area contributed by atoms with E-state index < -0.39 is 0 Å². The van der Waals surface area contributed by atoms with E-state index in [0.717, 1.165) is 19.5 Å². The summed E-state index contributed by atoms with van der Waals surface area (Å²) in [6.07, 6.45) is 4.72. The van der Waals surface area contributed by atoms with Crippen molar-refractivity contribution < 1.29 is 15.0 Å². The van der Waals surface area contributed by atoms with E-state index in [0.29, 0.717) is 30.0 Å². The van der Waals surface area contributed by atoms with Crippen LogP contribution in [0.2, 0.25) is 5.02 Å². The molecule has 3 aliphatic heterocycles. The Morgan fingerprint density at radius 2 is 2.04 bits per heavy atom. The van der Waals surface area contributed by atoms with Gasteiger partial charge in [-0.05, 0) is 55.8 Å². The zero-order valence-electron chi connectivity index (χ0n) is 14.3. The van der Waals surface area contributed by atoms with Crippen molar-refractivity contribution in [1.82, 2.24) is 9.80 Å². The predicted molar refractivity (Wildman–Crippen MR) is 95.8 cm³/mol. The number of likely N-dealkylation sites (tertiary alicyclic amines) is 1. The quantitative estimate of drug-likeness (QED) is 0.845. The summed E-state index contributed by atoms with van der Waals surface area (Å²) in [5, 5.41) is 19.7. The molecule has 6 heteroatoms. The van der Waals surface area contributed by atoms with Gasteiger partial charge in [-0.15, -0.1) is 0 Å². The summed E-state index contributed by atoms with van der Waals surface area (Å²) in [4.78, 5) is 17.4. The Bertz CT molecular complexity index is 654. The van der Waals surface area contributed by atoms with Gasteiger partial charge < -0.3 is 15.1 Å². The monoisotopic (exact) mass is 364 g/mol. The zero-order chi connectivity index (χ0) is 17.6. The van der Waals surface area contributed by atoms with E-state index in [1.54, 1.807) is 12.1 Å². The molecule has 1 amide bonds. The number of phenolic OH excluding ortho intramolecular Hbond substituents is 1. The number of phenols is 1. The Balaban J connectivity index is 1.57. The van der Waals surface area contributed by atoms with Crippen molar-refractivity contribution in [3.05, 3.63) is 28.8 Å². The van der Waals surface area contributed by atoms with Crippen molar-refractivity contribution in [3.8, 4) is 5.75 Å². The first-order valence-electron chi connectivity index (χ1n) is 9.23. The Hall–Kier alpha value is -1.30. The highest BCUT2D eigenvalue weighted by atomic mass is 35.5. The molecule has 0 radical (unpaired) electrons. The van der Waals surface area contributed by atoms with Crippen molar-refractivity contribution in [2.24, 2.45) is 11.8 Å². The first kappa shape index (κ1) is 17.1. The topological polar surface area (TPSA) is 64.0 Å². The average molecular weight is 365 g/mol. The molecule has 3 fully saturated rings. The van der Waals surface area contributed by atoms with E-state index in [1.807, 2.05) is 4.90 Å². The van der Waals surface area contributed by atoms with Gasteiger partial charge in [0.25, 0.3) is 5.91 Å². The fourth-order valence-corrected chi connectivity index (χ4v) is 5.33. The van der Waals surface area contributed by atoms with Crippen LogP contribution in [-0.2, 0) is 0 Å². The summed E-state index contributed by atoms with van der Waals surface area (Å²) in [7, 11) is 0. The number of aromatic hydroxyl groups is 1. The van der Waals surface area contributed by atoms with Crippen LogP contribution in [0, 0.1) is 11.8 Å². The summed E-state index contributed by atoms with van der Waals surface area (Å²) >= 11 is 5.97. The van der Waals surface area contributed by atoms with Crippen LogP contribution in [-0.4, -0.2) is 64.2 Å². The van der Waals surface area contributed by atoms with E-state index in [-0.39, 0.29) is 29.3 Å². The molecule has 3 saturated heterocycles. The number of piperidine rings is 3. The fraction of sp³-hybridized carbons (Fsp3) is 0.632. The van der Waals surface area contributed by atoms with Gasteiger partial charge in [-0.2, -0.15) is 0 Å². The number of benzene rings is 1. The zero-order valence-corrected chi connectivity index (χ0v) is 15.0. The molecular weight excluding hydrogens is 340 g/mol. The molecule has 5 nitrogen and oxygen atoms in total. The van der Waals surface area contributed by atoms with Crippen molar-refractivity contribution in [3.63, 3.8) is 0 Å². The molecule has 3 heterocycles. The largest absolute Gasteiger partial charge is 0.506 e. The van der Waals surface area contributed by atoms with Crippen molar-refractivity contribution in [2.75, 3.05) is 26.2 Å². The van der Waals surface area contributed by atoms with Crippen molar-refractivity contribution >= 4 is 17.5 Å². The van der Waals surface area contributed by atoms with Gasteiger partial charge in [-0.1, -0.05) is 18.0 Å². The van der Waals surface area contributed by atoms with Crippen LogP contribution >= 0.6 is 11.6 Å². The molecular formula is C19H25ClN2O3. The normalized spacial score (nSPS) is 32.3. The maximum Gasteiger partial charge on any atom is 0.253 e. The first-order valence-corrected chi connectivity index (χ1v) is 9.60. The number of carbonyl (C=O) groups is 1. The highest BCUT2D eigenvalue weighted by Crippen LogP contribution is 2.41. The SMILES string of the molecule is O=C(c1ccc(O)c(Cl)c1)N1C[C@H]2C[C@@H](C1)[C@H](CO)N1CCCC[C@@H]21. The summed E-state index contributed by atoms with van der Waals surface area (Å²) in [6, 6.07) is 5.30. The summed E-state index contributed by atoms with van der Waals surface area (Å²) in [5.41, 5.74) is 0.517. The second-order valence-corrected chi connectivity index (χ2v) is 8.09. The highest BCUT2D eigenvalue weighted by molar-refractivity contribution is 6.32. The molecule has 0 spiro atoms. The van der Waals surface area contributed by atoms with Gasteiger partial charge in [0.15, 0.2) is 0 Å². The Labute approximate surface area is 153 Å². The smallest absolute Gasteiger partial charge is 0.253 e. The van der Waals surface area contributed by atoms with E-state index in [4.69, 9.17) is 11.6 Å². The number of hydrogen-bond donors (Lipinski definition) is 2. The molecule has 0 unspecified atom stereocenters. The molecule has 0 aromatic heterocycles.